The first-order valence-electron chi connectivity index (χ1n) is 12.6. The van der Waals surface area contributed by atoms with E-state index in [1.807, 2.05) is 6.92 Å². The largest absolute Gasteiger partial charge is 0.342 e. The molecule has 2 saturated heterocycles. The number of aromatic nitrogens is 2. The maximum absolute atomic E-state index is 13.3. The molecule has 2 aliphatic heterocycles. The van der Waals surface area contributed by atoms with Gasteiger partial charge >= 0.3 is 0 Å². The van der Waals surface area contributed by atoms with E-state index in [1.165, 1.54) is 12.8 Å². The average Bonchev–Trinajstić information content (AvgIpc) is 3.70. The molecule has 0 bridgehead atoms. The van der Waals surface area contributed by atoms with Crippen molar-refractivity contribution >= 4 is 11.8 Å². The number of hydrogen-bond donors (Lipinski definition) is 0. The lowest BCUT2D eigenvalue weighted by molar-refractivity contribution is -0.134. The van der Waals surface area contributed by atoms with Crippen LogP contribution >= 0.6 is 0 Å². The molecule has 4 fully saturated rings. The van der Waals surface area contributed by atoms with Crippen molar-refractivity contribution in [3.8, 4) is 0 Å². The van der Waals surface area contributed by atoms with Crippen LogP contribution in [0.5, 0.6) is 0 Å². The first-order valence-corrected chi connectivity index (χ1v) is 12.6. The molecular formula is C24H37N5O3. The molecule has 1 unspecified atom stereocenters. The number of carbonyl (C=O) groups is 2. The smallest absolute Gasteiger partial charge is 0.244 e. The lowest BCUT2D eigenvalue weighted by Crippen LogP contribution is -2.46. The SMILES string of the molecule is CCCN(CC1CC1)C(=O)CN1CC2(CCN(C(=O)C3CC3)CC2)CC1c1nc(C)no1. The first-order chi connectivity index (χ1) is 15.5. The molecule has 8 heteroatoms. The maximum atomic E-state index is 13.3. The molecule has 1 atom stereocenters. The number of likely N-dealkylation sites (tertiary alicyclic amines) is 2. The van der Waals surface area contributed by atoms with Crippen LogP contribution in [0.2, 0.25) is 0 Å². The Morgan fingerprint density at radius 3 is 2.53 bits per heavy atom. The predicted octanol–water partition coefficient (Wildman–Crippen LogP) is 2.79. The molecule has 2 amide bonds. The van der Waals surface area contributed by atoms with Crippen molar-refractivity contribution in [1.82, 2.24) is 24.8 Å². The summed E-state index contributed by atoms with van der Waals surface area (Å²) in [6.45, 7) is 8.63. The van der Waals surface area contributed by atoms with Gasteiger partial charge in [0.15, 0.2) is 5.82 Å². The first kappa shape index (κ1) is 21.9. The second kappa shape index (κ2) is 8.76. The molecule has 32 heavy (non-hydrogen) atoms. The standard InChI is InChI=1S/C24H37N5O3/c1-3-10-28(14-18-4-5-18)21(30)15-29-16-24(13-20(29)22-25-17(2)26-32-22)8-11-27(12-9-24)23(31)19-6-7-19/h18-20H,3-16H2,1-2H3. The van der Waals surface area contributed by atoms with E-state index in [0.29, 0.717) is 30.1 Å². The van der Waals surface area contributed by atoms with Crippen molar-refractivity contribution in [2.24, 2.45) is 17.3 Å². The van der Waals surface area contributed by atoms with Gasteiger partial charge in [0, 0.05) is 38.6 Å². The third-order valence-electron chi connectivity index (χ3n) is 7.86. The van der Waals surface area contributed by atoms with Gasteiger partial charge in [-0.2, -0.15) is 4.98 Å². The van der Waals surface area contributed by atoms with Crippen LogP contribution in [0.1, 0.15) is 76.0 Å². The molecule has 2 aliphatic carbocycles. The van der Waals surface area contributed by atoms with E-state index in [-0.39, 0.29) is 23.3 Å². The monoisotopic (exact) mass is 443 g/mol. The fraction of sp³-hybridized carbons (Fsp3) is 0.833. The Bertz CT molecular complexity index is 838. The number of aryl methyl sites for hydroxylation is 1. The third kappa shape index (κ3) is 4.70. The van der Waals surface area contributed by atoms with Gasteiger partial charge in [-0.15, -0.1) is 0 Å². The summed E-state index contributed by atoms with van der Waals surface area (Å²) in [6, 6.07) is -0.0183. The summed E-state index contributed by atoms with van der Waals surface area (Å²) in [5, 5.41) is 4.02. The number of carbonyl (C=O) groups excluding carboxylic acids is 2. The Balaban J connectivity index is 1.28. The van der Waals surface area contributed by atoms with E-state index in [9.17, 15) is 9.59 Å². The molecule has 1 spiro atoms. The third-order valence-corrected chi connectivity index (χ3v) is 7.86. The van der Waals surface area contributed by atoms with Crippen LogP contribution in [-0.2, 0) is 9.59 Å². The Labute approximate surface area is 190 Å². The van der Waals surface area contributed by atoms with Gasteiger partial charge in [0.1, 0.15) is 0 Å². The highest BCUT2D eigenvalue weighted by molar-refractivity contribution is 5.81. The Hall–Kier alpha value is -1.96. The second-order valence-corrected chi connectivity index (χ2v) is 10.7. The van der Waals surface area contributed by atoms with Crippen molar-refractivity contribution < 1.29 is 14.1 Å². The number of rotatable bonds is 8. The summed E-state index contributed by atoms with van der Waals surface area (Å²) in [7, 11) is 0. The lowest BCUT2D eigenvalue weighted by Gasteiger charge is -2.39. The van der Waals surface area contributed by atoms with E-state index in [0.717, 1.165) is 71.2 Å². The molecular weight excluding hydrogens is 406 g/mol. The number of hydrogen-bond acceptors (Lipinski definition) is 6. The molecule has 176 valence electrons. The summed E-state index contributed by atoms with van der Waals surface area (Å²) >= 11 is 0. The Morgan fingerprint density at radius 1 is 1.19 bits per heavy atom. The minimum Gasteiger partial charge on any atom is -0.342 e. The van der Waals surface area contributed by atoms with E-state index in [4.69, 9.17) is 4.52 Å². The van der Waals surface area contributed by atoms with Gasteiger partial charge in [-0.25, -0.2) is 0 Å². The van der Waals surface area contributed by atoms with Crippen molar-refractivity contribution in [3.05, 3.63) is 11.7 Å². The molecule has 1 aromatic heterocycles. The molecule has 0 N–H and O–H groups in total. The summed E-state index contributed by atoms with van der Waals surface area (Å²) in [6.07, 6.45) is 8.50. The van der Waals surface area contributed by atoms with E-state index >= 15 is 0 Å². The molecule has 1 aromatic rings. The minimum absolute atomic E-state index is 0.0183. The van der Waals surface area contributed by atoms with E-state index < -0.39 is 0 Å². The van der Waals surface area contributed by atoms with Crippen LogP contribution in [0.4, 0.5) is 0 Å². The van der Waals surface area contributed by atoms with Gasteiger partial charge in [-0.3, -0.25) is 14.5 Å². The van der Waals surface area contributed by atoms with Crippen LogP contribution in [0.15, 0.2) is 4.52 Å². The molecule has 5 rings (SSSR count). The normalized spacial score (nSPS) is 25.4. The average molecular weight is 444 g/mol. The van der Waals surface area contributed by atoms with Crippen LogP contribution in [-0.4, -0.2) is 75.9 Å². The highest BCUT2D eigenvalue weighted by Gasteiger charge is 2.49. The summed E-state index contributed by atoms with van der Waals surface area (Å²) < 4.78 is 5.58. The molecule has 0 radical (unpaired) electrons. The lowest BCUT2D eigenvalue weighted by atomic mass is 9.76. The highest BCUT2D eigenvalue weighted by atomic mass is 16.5. The zero-order chi connectivity index (χ0) is 22.3. The van der Waals surface area contributed by atoms with Crippen LogP contribution in [0.25, 0.3) is 0 Å². The molecule has 4 aliphatic rings. The zero-order valence-electron chi connectivity index (χ0n) is 19.6. The van der Waals surface area contributed by atoms with Crippen molar-refractivity contribution in [1.29, 1.82) is 0 Å². The zero-order valence-corrected chi connectivity index (χ0v) is 19.6. The van der Waals surface area contributed by atoms with Crippen molar-refractivity contribution in [3.63, 3.8) is 0 Å². The fourth-order valence-electron chi connectivity index (χ4n) is 5.63. The van der Waals surface area contributed by atoms with Gasteiger partial charge < -0.3 is 14.3 Å². The van der Waals surface area contributed by atoms with Crippen molar-refractivity contribution in [2.75, 3.05) is 39.3 Å². The molecule has 3 heterocycles. The van der Waals surface area contributed by atoms with Gasteiger partial charge in [-0.1, -0.05) is 12.1 Å². The van der Waals surface area contributed by atoms with E-state index in [2.05, 4.69) is 31.8 Å². The minimum atomic E-state index is -0.0183. The Morgan fingerprint density at radius 2 is 1.94 bits per heavy atom. The second-order valence-electron chi connectivity index (χ2n) is 10.7. The number of amides is 2. The van der Waals surface area contributed by atoms with Crippen LogP contribution < -0.4 is 0 Å². The number of nitrogens with zero attached hydrogens (tertiary/aromatic N) is 5. The molecule has 0 aromatic carbocycles. The highest BCUT2D eigenvalue weighted by Crippen LogP contribution is 2.49. The molecule has 8 nitrogen and oxygen atoms in total. The van der Waals surface area contributed by atoms with Gasteiger partial charge in [-0.05, 0) is 69.6 Å². The van der Waals surface area contributed by atoms with Gasteiger partial charge in [0.2, 0.25) is 17.7 Å². The predicted molar refractivity (Wildman–Crippen MR) is 119 cm³/mol. The number of piperidine rings is 1. The summed E-state index contributed by atoms with van der Waals surface area (Å²) in [5.41, 5.74) is 0.111. The molecule has 2 saturated carbocycles. The van der Waals surface area contributed by atoms with Crippen LogP contribution in [0, 0.1) is 24.2 Å². The quantitative estimate of drug-likeness (QED) is 0.614. The topological polar surface area (TPSA) is 82.8 Å². The summed E-state index contributed by atoms with van der Waals surface area (Å²) in [4.78, 5) is 36.8. The van der Waals surface area contributed by atoms with Gasteiger partial charge in [0.25, 0.3) is 0 Å². The maximum Gasteiger partial charge on any atom is 0.244 e. The van der Waals surface area contributed by atoms with E-state index in [1.54, 1.807) is 0 Å². The van der Waals surface area contributed by atoms with Crippen LogP contribution in [0.3, 0.4) is 0 Å². The Kier molecular flexibility index (Phi) is 5.99. The van der Waals surface area contributed by atoms with Crippen molar-refractivity contribution in [2.45, 2.75) is 71.3 Å². The summed E-state index contributed by atoms with van der Waals surface area (Å²) in [5.74, 6) is 2.82. The van der Waals surface area contributed by atoms with Gasteiger partial charge in [0.05, 0.1) is 12.6 Å². The fourth-order valence-corrected chi connectivity index (χ4v) is 5.63.